The van der Waals surface area contributed by atoms with E-state index in [9.17, 15) is 24.5 Å². The zero-order valence-corrected chi connectivity index (χ0v) is 14.8. The lowest BCUT2D eigenvalue weighted by Crippen LogP contribution is -2.54. The highest BCUT2D eigenvalue weighted by Crippen LogP contribution is 2.27. The molecule has 1 saturated heterocycles. The number of amides is 4. The van der Waals surface area contributed by atoms with Gasteiger partial charge in [-0.2, -0.15) is 0 Å². The predicted octanol–water partition coefficient (Wildman–Crippen LogP) is 2.93. The van der Waals surface area contributed by atoms with Crippen molar-refractivity contribution < 1.29 is 23.7 Å². The Labute approximate surface area is 154 Å². The van der Waals surface area contributed by atoms with Gasteiger partial charge in [-0.05, 0) is 42.8 Å². The highest BCUT2D eigenvalue weighted by molar-refractivity contribution is 9.10. The van der Waals surface area contributed by atoms with Crippen LogP contribution >= 0.6 is 15.9 Å². The summed E-state index contributed by atoms with van der Waals surface area (Å²) in [5.41, 5.74) is 0.679. The van der Waals surface area contributed by atoms with Crippen LogP contribution in [0.4, 0.5) is 16.4 Å². The van der Waals surface area contributed by atoms with Gasteiger partial charge in [-0.3, -0.25) is 25.0 Å². The molecule has 0 spiro atoms. The zero-order valence-electron chi connectivity index (χ0n) is 13.2. The molecule has 1 fully saturated rings. The first kappa shape index (κ1) is 17.5. The first-order chi connectivity index (χ1) is 12.3. The van der Waals surface area contributed by atoms with Crippen LogP contribution in [0.5, 0.6) is 0 Å². The van der Waals surface area contributed by atoms with Gasteiger partial charge in [0, 0.05) is 4.47 Å². The van der Waals surface area contributed by atoms with Gasteiger partial charge in [0.25, 0.3) is 11.8 Å². The summed E-state index contributed by atoms with van der Waals surface area (Å²) in [7, 11) is 0. The molecule has 0 atom stereocenters. The van der Waals surface area contributed by atoms with E-state index in [0.717, 1.165) is 27.1 Å². The molecule has 1 aliphatic rings. The number of furan rings is 1. The monoisotopic (exact) mass is 419 g/mol. The third-order valence-corrected chi connectivity index (χ3v) is 4.47. The lowest BCUT2D eigenvalue weighted by atomic mass is 10.1. The zero-order chi connectivity index (χ0) is 19.0. The number of hydrogen-bond acceptors (Lipinski definition) is 6. The number of nitrogens with one attached hydrogen (secondary N) is 1. The third-order valence-electron chi connectivity index (χ3n) is 3.58. The Hall–Kier alpha value is -3.27. The van der Waals surface area contributed by atoms with Gasteiger partial charge < -0.3 is 4.42 Å². The molecule has 2 heterocycles. The van der Waals surface area contributed by atoms with Gasteiger partial charge in [-0.1, -0.05) is 15.9 Å². The molecule has 9 nitrogen and oxygen atoms in total. The van der Waals surface area contributed by atoms with Crippen LogP contribution in [0.1, 0.15) is 11.3 Å². The van der Waals surface area contributed by atoms with Gasteiger partial charge in [-0.15, -0.1) is 0 Å². The predicted molar refractivity (Wildman–Crippen MR) is 93.2 cm³/mol. The number of hydrogen-bond donors (Lipinski definition) is 1. The lowest BCUT2D eigenvalue weighted by molar-refractivity contribution is -0.402. The molecule has 0 unspecified atom stereocenters. The molecule has 0 bridgehead atoms. The van der Waals surface area contributed by atoms with E-state index in [1.54, 1.807) is 25.1 Å². The SMILES string of the molecule is Cc1cc(N2C(=O)NC(=O)/C(=C\c3ccc([N+](=O)[O-])o3)C2=O)ccc1Br. The lowest BCUT2D eigenvalue weighted by Gasteiger charge is -2.26. The molecule has 0 aliphatic carbocycles. The number of barbiturate groups is 1. The Morgan fingerprint density at radius 2 is 1.96 bits per heavy atom. The van der Waals surface area contributed by atoms with E-state index in [0.29, 0.717) is 0 Å². The molecule has 132 valence electrons. The van der Waals surface area contributed by atoms with Crippen LogP contribution in [0.2, 0.25) is 0 Å². The quantitative estimate of drug-likeness (QED) is 0.353. The van der Waals surface area contributed by atoms with E-state index in [1.165, 1.54) is 6.07 Å². The second kappa shape index (κ2) is 6.56. The van der Waals surface area contributed by atoms with E-state index in [2.05, 4.69) is 21.2 Å². The topological polar surface area (TPSA) is 123 Å². The minimum absolute atomic E-state index is 0.0588. The van der Waals surface area contributed by atoms with Crippen LogP contribution < -0.4 is 10.2 Å². The number of urea groups is 1. The fourth-order valence-corrected chi connectivity index (χ4v) is 2.57. The largest absolute Gasteiger partial charge is 0.433 e. The van der Waals surface area contributed by atoms with Crippen LogP contribution in [0, 0.1) is 17.0 Å². The first-order valence-electron chi connectivity index (χ1n) is 7.20. The Morgan fingerprint density at radius 3 is 2.58 bits per heavy atom. The fraction of sp³-hybridized carbons (Fsp3) is 0.0625. The van der Waals surface area contributed by atoms with Gasteiger partial charge >= 0.3 is 11.9 Å². The van der Waals surface area contributed by atoms with Crippen LogP contribution in [0.15, 0.2) is 44.8 Å². The molecule has 26 heavy (non-hydrogen) atoms. The highest BCUT2D eigenvalue weighted by Gasteiger charge is 2.37. The van der Waals surface area contributed by atoms with Gasteiger partial charge in [0.2, 0.25) is 0 Å². The molecule has 0 saturated carbocycles. The number of anilines is 1. The summed E-state index contributed by atoms with van der Waals surface area (Å²) in [6.07, 6.45) is 1.05. The van der Waals surface area contributed by atoms with Gasteiger partial charge in [0.1, 0.15) is 16.3 Å². The molecule has 2 aromatic rings. The smallest absolute Gasteiger partial charge is 0.401 e. The van der Waals surface area contributed by atoms with Crippen LogP contribution in [-0.4, -0.2) is 22.8 Å². The summed E-state index contributed by atoms with van der Waals surface area (Å²) < 4.78 is 5.72. The second-order valence-corrected chi connectivity index (χ2v) is 6.18. The molecular formula is C16H10BrN3O6. The molecular weight excluding hydrogens is 410 g/mol. The fourth-order valence-electron chi connectivity index (χ4n) is 2.32. The number of rotatable bonds is 3. The molecule has 0 radical (unpaired) electrons. The van der Waals surface area contributed by atoms with E-state index in [1.807, 2.05) is 0 Å². The number of nitro groups is 1. The van der Waals surface area contributed by atoms with E-state index < -0.39 is 28.7 Å². The van der Waals surface area contributed by atoms with Crippen molar-refractivity contribution in [2.24, 2.45) is 0 Å². The Balaban J connectivity index is 2.00. The molecule has 1 aromatic carbocycles. The summed E-state index contributed by atoms with van der Waals surface area (Å²) in [5.74, 6) is -2.36. The number of halogens is 1. The molecule has 1 N–H and O–H groups in total. The van der Waals surface area contributed by atoms with Crippen LogP contribution in [-0.2, 0) is 9.59 Å². The van der Waals surface area contributed by atoms with Crippen molar-refractivity contribution in [2.45, 2.75) is 6.92 Å². The van der Waals surface area contributed by atoms with Crippen molar-refractivity contribution in [3.63, 3.8) is 0 Å². The first-order valence-corrected chi connectivity index (χ1v) is 7.99. The molecule has 10 heteroatoms. The molecule has 1 aliphatic heterocycles. The minimum Gasteiger partial charge on any atom is -0.401 e. The van der Waals surface area contributed by atoms with Crippen molar-refractivity contribution >= 4 is 51.4 Å². The molecule has 3 rings (SSSR count). The maximum Gasteiger partial charge on any atom is 0.433 e. The maximum atomic E-state index is 12.7. The second-order valence-electron chi connectivity index (χ2n) is 5.32. The number of nitrogens with zero attached hydrogens (tertiary/aromatic N) is 2. The van der Waals surface area contributed by atoms with E-state index >= 15 is 0 Å². The van der Waals surface area contributed by atoms with Crippen molar-refractivity contribution in [3.05, 3.63) is 61.8 Å². The summed E-state index contributed by atoms with van der Waals surface area (Å²) in [6, 6.07) is 6.27. The number of benzene rings is 1. The number of carbonyl (C=O) groups excluding carboxylic acids is 3. The summed E-state index contributed by atoms with van der Waals surface area (Å²) in [4.78, 5) is 47.6. The minimum atomic E-state index is -0.913. The summed E-state index contributed by atoms with van der Waals surface area (Å²) in [6.45, 7) is 1.78. The molecule has 4 amide bonds. The number of aryl methyl sites for hydroxylation is 1. The van der Waals surface area contributed by atoms with Crippen molar-refractivity contribution in [1.29, 1.82) is 0 Å². The van der Waals surface area contributed by atoms with Crippen molar-refractivity contribution in [1.82, 2.24) is 5.32 Å². The van der Waals surface area contributed by atoms with E-state index in [-0.39, 0.29) is 17.0 Å². The van der Waals surface area contributed by atoms with E-state index in [4.69, 9.17) is 4.42 Å². The summed E-state index contributed by atoms with van der Waals surface area (Å²) >= 11 is 3.33. The maximum absolute atomic E-state index is 12.7. The van der Waals surface area contributed by atoms with Crippen molar-refractivity contribution in [2.75, 3.05) is 4.90 Å². The number of carbonyl (C=O) groups is 3. The Bertz CT molecular complexity index is 994. The average Bonchev–Trinajstić information content (AvgIpc) is 3.03. The Kier molecular flexibility index (Phi) is 4.43. The van der Waals surface area contributed by atoms with Crippen molar-refractivity contribution in [3.8, 4) is 0 Å². The van der Waals surface area contributed by atoms with Crippen LogP contribution in [0.3, 0.4) is 0 Å². The van der Waals surface area contributed by atoms with Gasteiger partial charge in [-0.25, -0.2) is 9.69 Å². The standard InChI is InChI=1S/C16H10BrN3O6/c1-8-6-9(2-4-12(8)17)19-15(22)11(14(21)18-16(19)23)7-10-3-5-13(26-10)20(24)25/h2-7H,1H3,(H,18,21,23)/b11-7+. The average molecular weight is 420 g/mol. The van der Waals surface area contributed by atoms with Gasteiger partial charge in [0.15, 0.2) is 0 Å². The highest BCUT2D eigenvalue weighted by atomic mass is 79.9. The summed E-state index contributed by atoms with van der Waals surface area (Å²) in [5, 5.41) is 12.7. The van der Waals surface area contributed by atoms with Crippen LogP contribution in [0.25, 0.3) is 6.08 Å². The molecule has 1 aromatic heterocycles. The van der Waals surface area contributed by atoms with Gasteiger partial charge in [0.05, 0.1) is 11.8 Å². The third kappa shape index (κ3) is 3.14. The Morgan fingerprint density at radius 1 is 1.23 bits per heavy atom. The normalized spacial score (nSPS) is 16.2. The number of imide groups is 2.